The number of fused-ring (bicyclic) bond motifs is 1. The smallest absolute Gasteiger partial charge is 0.488 e. The highest BCUT2D eigenvalue weighted by Gasteiger charge is 2.22. The van der Waals surface area contributed by atoms with Gasteiger partial charge in [0, 0.05) is 6.42 Å². The summed E-state index contributed by atoms with van der Waals surface area (Å²) >= 11 is 0. The van der Waals surface area contributed by atoms with E-state index in [0.717, 1.165) is 12.2 Å². The van der Waals surface area contributed by atoms with Crippen LogP contribution >= 0.6 is 0 Å². The van der Waals surface area contributed by atoms with Crippen molar-refractivity contribution in [3.05, 3.63) is 54.1 Å². The molecule has 0 bridgehead atoms. The van der Waals surface area contributed by atoms with Crippen LogP contribution in [0.15, 0.2) is 48.5 Å². The van der Waals surface area contributed by atoms with E-state index in [0.29, 0.717) is 17.8 Å². The number of hydrogen-bond acceptors (Lipinski definition) is 4. The van der Waals surface area contributed by atoms with E-state index in [1.165, 1.54) is 5.56 Å². The molecular weight excluding hydrogens is 255 g/mol. The molecule has 0 saturated carbocycles. The van der Waals surface area contributed by atoms with Crippen molar-refractivity contribution in [2.45, 2.75) is 12.5 Å². The Kier molecular flexibility index (Phi) is 3.63. The summed E-state index contributed by atoms with van der Waals surface area (Å²) in [7, 11) is -1.48. The highest BCUT2D eigenvalue weighted by molar-refractivity contribution is 6.58. The molecule has 0 fully saturated rings. The number of rotatable bonds is 4. The number of para-hydroxylation sites is 1. The van der Waals surface area contributed by atoms with Gasteiger partial charge in [0.1, 0.15) is 24.2 Å². The molecule has 1 atom stereocenters. The van der Waals surface area contributed by atoms with Crippen molar-refractivity contribution in [3.63, 3.8) is 0 Å². The number of benzene rings is 2. The van der Waals surface area contributed by atoms with Gasteiger partial charge in [0.2, 0.25) is 0 Å². The summed E-state index contributed by atoms with van der Waals surface area (Å²) in [6.45, 7) is 0.430. The van der Waals surface area contributed by atoms with Gasteiger partial charge in [0.25, 0.3) is 0 Å². The van der Waals surface area contributed by atoms with E-state index in [9.17, 15) is 0 Å². The Bertz CT molecular complexity index is 575. The van der Waals surface area contributed by atoms with Crippen LogP contribution in [0.3, 0.4) is 0 Å². The van der Waals surface area contributed by atoms with Crippen LogP contribution in [0.25, 0.3) is 0 Å². The first-order valence-corrected chi connectivity index (χ1v) is 6.56. The molecule has 1 aliphatic heterocycles. The molecule has 0 aromatic heterocycles. The molecule has 0 amide bonds. The topological polar surface area (TPSA) is 58.9 Å². The molecule has 1 heterocycles. The van der Waals surface area contributed by atoms with E-state index < -0.39 is 7.12 Å². The standard InChI is InChI=1S/C15H15BO4/c17-16(18)12-5-3-6-13(9-12)19-10-14-8-11-4-1-2-7-15(11)20-14/h1-7,9,14,17-18H,8,10H2. The predicted octanol–water partition coefficient (Wildman–Crippen LogP) is 0.749. The molecule has 2 aromatic rings. The van der Waals surface area contributed by atoms with Crippen LogP contribution in [0, 0.1) is 0 Å². The molecule has 102 valence electrons. The molecule has 0 saturated heterocycles. The highest BCUT2D eigenvalue weighted by Crippen LogP contribution is 2.28. The largest absolute Gasteiger partial charge is 0.490 e. The van der Waals surface area contributed by atoms with Crippen molar-refractivity contribution in [2.24, 2.45) is 0 Å². The third-order valence-electron chi connectivity index (χ3n) is 3.31. The molecule has 1 unspecified atom stereocenters. The lowest BCUT2D eigenvalue weighted by Gasteiger charge is -2.13. The summed E-state index contributed by atoms with van der Waals surface area (Å²) in [5.74, 6) is 1.52. The highest BCUT2D eigenvalue weighted by atomic mass is 16.5. The summed E-state index contributed by atoms with van der Waals surface area (Å²) < 4.78 is 11.4. The summed E-state index contributed by atoms with van der Waals surface area (Å²) in [4.78, 5) is 0. The van der Waals surface area contributed by atoms with Crippen molar-refractivity contribution in [1.29, 1.82) is 0 Å². The van der Waals surface area contributed by atoms with E-state index in [2.05, 4.69) is 6.07 Å². The van der Waals surface area contributed by atoms with Gasteiger partial charge in [-0.2, -0.15) is 0 Å². The van der Waals surface area contributed by atoms with Gasteiger partial charge >= 0.3 is 7.12 Å². The summed E-state index contributed by atoms with van der Waals surface area (Å²) in [6, 6.07) is 14.7. The predicted molar refractivity (Wildman–Crippen MR) is 76.3 cm³/mol. The van der Waals surface area contributed by atoms with Crippen LogP contribution in [0.2, 0.25) is 0 Å². The molecule has 4 nitrogen and oxygen atoms in total. The average Bonchev–Trinajstić information content (AvgIpc) is 2.88. The first-order valence-electron chi connectivity index (χ1n) is 6.56. The quantitative estimate of drug-likeness (QED) is 0.805. The zero-order chi connectivity index (χ0) is 13.9. The minimum Gasteiger partial charge on any atom is -0.490 e. The Morgan fingerprint density at radius 3 is 2.80 bits per heavy atom. The average molecular weight is 270 g/mol. The SMILES string of the molecule is OB(O)c1cccc(OCC2Cc3ccccc3O2)c1. The Morgan fingerprint density at radius 1 is 1.15 bits per heavy atom. The van der Waals surface area contributed by atoms with E-state index in [-0.39, 0.29) is 6.10 Å². The van der Waals surface area contributed by atoms with E-state index >= 15 is 0 Å². The Hall–Kier alpha value is -1.98. The Morgan fingerprint density at radius 2 is 2.00 bits per heavy atom. The molecule has 0 radical (unpaired) electrons. The third-order valence-corrected chi connectivity index (χ3v) is 3.31. The molecule has 3 rings (SSSR count). The van der Waals surface area contributed by atoms with Crippen molar-refractivity contribution in [2.75, 3.05) is 6.61 Å². The molecule has 2 N–H and O–H groups in total. The third kappa shape index (κ3) is 2.79. The maximum Gasteiger partial charge on any atom is 0.488 e. The van der Waals surface area contributed by atoms with Crippen LogP contribution in [0.4, 0.5) is 0 Å². The number of ether oxygens (including phenoxy) is 2. The van der Waals surface area contributed by atoms with E-state index in [1.54, 1.807) is 24.3 Å². The second-order valence-electron chi connectivity index (χ2n) is 4.81. The molecule has 2 aromatic carbocycles. The molecule has 20 heavy (non-hydrogen) atoms. The van der Waals surface area contributed by atoms with E-state index in [4.69, 9.17) is 19.5 Å². The Labute approximate surface area is 117 Å². The van der Waals surface area contributed by atoms with Crippen LogP contribution in [-0.4, -0.2) is 29.9 Å². The van der Waals surface area contributed by atoms with Crippen molar-refractivity contribution >= 4 is 12.6 Å². The summed E-state index contributed by atoms with van der Waals surface area (Å²) in [5.41, 5.74) is 1.61. The van der Waals surface area contributed by atoms with Gasteiger partial charge in [0.05, 0.1) is 0 Å². The van der Waals surface area contributed by atoms with Crippen molar-refractivity contribution in [1.82, 2.24) is 0 Å². The minimum absolute atomic E-state index is 0.00453. The van der Waals surface area contributed by atoms with Gasteiger partial charge in [0.15, 0.2) is 0 Å². The second kappa shape index (κ2) is 5.57. The maximum absolute atomic E-state index is 9.12. The monoisotopic (exact) mass is 270 g/mol. The lowest BCUT2D eigenvalue weighted by Crippen LogP contribution is -2.30. The molecule has 0 aliphatic carbocycles. The molecule has 1 aliphatic rings. The molecule has 5 heteroatoms. The maximum atomic E-state index is 9.12. The lowest BCUT2D eigenvalue weighted by atomic mass is 9.80. The zero-order valence-electron chi connectivity index (χ0n) is 10.9. The van der Waals surface area contributed by atoms with Crippen molar-refractivity contribution < 1.29 is 19.5 Å². The lowest BCUT2D eigenvalue weighted by molar-refractivity contribution is 0.148. The second-order valence-corrected chi connectivity index (χ2v) is 4.81. The fraction of sp³-hybridized carbons (Fsp3) is 0.200. The van der Waals surface area contributed by atoms with Crippen LogP contribution in [0.5, 0.6) is 11.5 Å². The fourth-order valence-electron chi connectivity index (χ4n) is 2.30. The zero-order valence-corrected chi connectivity index (χ0v) is 10.9. The first-order chi connectivity index (χ1) is 9.72. The normalized spacial score (nSPS) is 16.4. The molecular formula is C15H15BO4. The van der Waals surface area contributed by atoms with Gasteiger partial charge in [-0.15, -0.1) is 0 Å². The fourth-order valence-corrected chi connectivity index (χ4v) is 2.30. The van der Waals surface area contributed by atoms with Crippen molar-refractivity contribution in [3.8, 4) is 11.5 Å². The molecule has 0 spiro atoms. The van der Waals surface area contributed by atoms with Gasteiger partial charge in [-0.1, -0.05) is 30.3 Å². The first kappa shape index (κ1) is 13.0. The van der Waals surface area contributed by atoms with Gasteiger partial charge in [-0.25, -0.2) is 0 Å². The van der Waals surface area contributed by atoms with Gasteiger partial charge in [-0.3, -0.25) is 0 Å². The minimum atomic E-state index is -1.48. The van der Waals surface area contributed by atoms with E-state index in [1.807, 2.05) is 18.2 Å². The van der Waals surface area contributed by atoms with Crippen LogP contribution < -0.4 is 14.9 Å². The number of hydrogen-bond donors (Lipinski definition) is 2. The summed E-state index contributed by atoms with van der Waals surface area (Å²) in [5, 5.41) is 18.2. The Balaban J connectivity index is 1.60. The van der Waals surface area contributed by atoms with Crippen LogP contribution in [-0.2, 0) is 6.42 Å². The van der Waals surface area contributed by atoms with Crippen LogP contribution in [0.1, 0.15) is 5.56 Å². The van der Waals surface area contributed by atoms with Gasteiger partial charge in [-0.05, 0) is 29.2 Å². The van der Waals surface area contributed by atoms with Gasteiger partial charge < -0.3 is 19.5 Å². The summed E-state index contributed by atoms with van der Waals surface area (Å²) in [6.07, 6.45) is 0.827.